The van der Waals surface area contributed by atoms with Crippen molar-refractivity contribution < 1.29 is 18.5 Å². The molecule has 1 aromatic heterocycles. The van der Waals surface area contributed by atoms with Crippen LogP contribution in [0, 0.1) is 11.7 Å². The second kappa shape index (κ2) is 9.07. The molecule has 0 radical (unpaired) electrons. The molecule has 1 aromatic carbocycles. The van der Waals surface area contributed by atoms with Gasteiger partial charge >= 0.3 is 0 Å². The summed E-state index contributed by atoms with van der Waals surface area (Å²) in [7, 11) is 1.62. The van der Waals surface area contributed by atoms with Gasteiger partial charge in [0.05, 0.1) is 12.1 Å². The number of hydrogen-bond donors (Lipinski definition) is 1. The Balaban J connectivity index is 1.77. The fourth-order valence-corrected chi connectivity index (χ4v) is 2.31. The zero-order chi connectivity index (χ0) is 19.1. The molecule has 7 nitrogen and oxygen atoms in total. The first-order valence-corrected chi connectivity index (χ1v) is 8.45. The molecule has 0 fully saturated rings. The molecule has 140 valence electrons. The van der Waals surface area contributed by atoms with E-state index in [0.717, 1.165) is 0 Å². The number of benzene rings is 1. The van der Waals surface area contributed by atoms with Gasteiger partial charge in [-0.25, -0.2) is 4.39 Å². The van der Waals surface area contributed by atoms with Crippen molar-refractivity contribution in [1.82, 2.24) is 20.4 Å². The standard InChI is InChI=1S/C18H23FN4O3/c1-12(2)10-15-21-16(26-22-15)11-23(3)17(24)8-9-20-18(25)13-6-4-5-7-14(13)19/h4-7,12H,8-11H2,1-3H3,(H,20,25). The Kier molecular flexibility index (Phi) is 6.82. The second-order valence-corrected chi connectivity index (χ2v) is 6.44. The van der Waals surface area contributed by atoms with Crippen molar-refractivity contribution in [3.8, 4) is 0 Å². The molecule has 0 atom stereocenters. The van der Waals surface area contributed by atoms with Crippen molar-refractivity contribution >= 4 is 11.8 Å². The van der Waals surface area contributed by atoms with Gasteiger partial charge < -0.3 is 14.7 Å². The van der Waals surface area contributed by atoms with Gasteiger partial charge in [0.2, 0.25) is 11.8 Å². The zero-order valence-corrected chi connectivity index (χ0v) is 15.2. The molecule has 2 amide bonds. The van der Waals surface area contributed by atoms with E-state index in [0.29, 0.717) is 24.1 Å². The summed E-state index contributed by atoms with van der Waals surface area (Å²) >= 11 is 0. The minimum absolute atomic E-state index is 0.0446. The highest BCUT2D eigenvalue weighted by Crippen LogP contribution is 2.08. The number of halogens is 1. The minimum Gasteiger partial charge on any atom is -0.351 e. The molecule has 0 spiro atoms. The molecule has 0 bridgehead atoms. The van der Waals surface area contributed by atoms with Crippen LogP contribution in [-0.4, -0.2) is 40.4 Å². The van der Waals surface area contributed by atoms with E-state index in [2.05, 4.69) is 29.3 Å². The smallest absolute Gasteiger partial charge is 0.254 e. The van der Waals surface area contributed by atoms with Gasteiger partial charge in [0.15, 0.2) is 5.82 Å². The number of carbonyl (C=O) groups is 2. The van der Waals surface area contributed by atoms with E-state index < -0.39 is 11.7 Å². The van der Waals surface area contributed by atoms with E-state index >= 15 is 0 Å². The lowest BCUT2D eigenvalue weighted by Gasteiger charge is -2.15. The first-order valence-electron chi connectivity index (χ1n) is 8.45. The van der Waals surface area contributed by atoms with Crippen molar-refractivity contribution in [3.63, 3.8) is 0 Å². The summed E-state index contributed by atoms with van der Waals surface area (Å²) in [6.07, 6.45) is 0.799. The average Bonchev–Trinajstić information content (AvgIpc) is 3.01. The largest absolute Gasteiger partial charge is 0.351 e. The van der Waals surface area contributed by atoms with Crippen LogP contribution in [0.5, 0.6) is 0 Å². The first kappa shape index (κ1) is 19.6. The summed E-state index contributed by atoms with van der Waals surface area (Å²) < 4.78 is 18.7. The van der Waals surface area contributed by atoms with Crippen LogP contribution in [0.25, 0.3) is 0 Å². The third-order valence-corrected chi connectivity index (χ3v) is 3.64. The SMILES string of the molecule is CC(C)Cc1noc(CN(C)C(=O)CCNC(=O)c2ccccc2F)n1. The molecular formula is C18H23FN4O3. The lowest BCUT2D eigenvalue weighted by molar-refractivity contribution is -0.130. The summed E-state index contributed by atoms with van der Waals surface area (Å²) in [6.45, 7) is 4.42. The van der Waals surface area contributed by atoms with Crippen LogP contribution < -0.4 is 5.32 Å². The lowest BCUT2D eigenvalue weighted by Crippen LogP contribution is -2.32. The number of nitrogens with one attached hydrogen (secondary N) is 1. The highest BCUT2D eigenvalue weighted by molar-refractivity contribution is 5.94. The van der Waals surface area contributed by atoms with Crippen molar-refractivity contribution in [2.24, 2.45) is 5.92 Å². The minimum atomic E-state index is -0.595. The normalized spacial score (nSPS) is 10.8. The maximum atomic E-state index is 13.5. The van der Waals surface area contributed by atoms with E-state index in [4.69, 9.17) is 4.52 Å². The zero-order valence-electron chi connectivity index (χ0n) is 15.2. The van der Waals surface area contributed by atoms with Gasteiger partial charge in [0, 0.05) is 26.4 Å². The Morgan fingerprint density at radius 3 is 2.73 bits per heavy atom. The molecular weight excluding hydrogens is 339 g/mol. The summed E-state index contributed by atoms with van der Waals surface area (Å²) in [5, 5.41) is 6.42. The maximum Gasteiger partial charge on any atom is 0.254 e. The van der Waals surface area contributed by atoms with E-state index in [9.17, 15) is 14.0 Å². The van der Waals surface area contributed by atoms with Crippen LogP contribution in [0.15, 0.2) is 28.8 Å². The monoisotopic (exact) mass is 362 g/mol. The van der Waals surface area contributed by atoms with Crippen LogP contribution in [0.2, 0.25) is 0 Å². The van der Waals surface area contributed by atoms with Gasteiger partial charge in [-0.15, -0.1) is 0 Å². The second-order valence-electron chi connectivity index (χ2n) is 6.44. The van der Waals surface area contributed by atoms with Gasteiger partial charge in [-0.3, -0.25) is 9.59 Å². The number of hydrogen-bond acceptors (Lipinski definition) is 5. The van der Waals surface area contributed by atoms with Crippen LogP contribution in [0.1, 0.15) is 42.3 Å². The number of aromatic nitrogens is 2. The first-order chi connectivity index (χ1) is 12.4. The fourth-order valence-electron chi connectivity index (χ4n) is 2.31. The highest BCUT2D eigenvalue weighted by atomic mass is 19.1. The number of carbonyl (C=O) groups excluding carboxylic acids is 2. The predicted molar refractivity (Wildman–Crippen MR) is 92.7 cm³/mol. The van der Waals surface area contributed by atoms with Crippen molar-refractivity contribution in [1.29, 1.82) is 0 Å². The quantitative estimate of drug-likeness (QED) is 0.778. The average molecular weight is 362 g/mol. The maximum absolute atomic E-state index is 13.5. The molecule has 2 aromatic rings. The molecule has 2 rings (SSSR count). The summed E-state index contributed by atoms with van der Waals surface area (Å²) in [5.41, 5.74) is -0.0446. The summed E-state index contributed by atoms with van der Waals surface area (Å²) in [5.74, 6) is 0.0658. The summed E-state index contributed by atoms with van der Waals surface area (Å²) in [4.78, 5) is 29.7. The van der Waals surface area contributed by atoms with Crippen molar-refractivity contribution in [3.05, 3.63) is 47.4 Å². The lowest BCUT2D eigenvalue weighted by atomic mass is 10.1. The third-order valence-electron chi connectivity index (χ3n) is 3.64. The molecule has 0 saturated heterocycles. The van der Waals surface area contributed by atoms with Gasteiger partial charge in [-0.1, -0.05) is 31.1 Å². The van der Waals surface area contributed by atoms with Crippen LogP contribution in [-0.2, 0) is 17.8 Å². The van der Waals surface area contributed by atoms with Crippen molar-refractivity contribution in [2.45, 2.75) is 33.2 Å². The molecule has 1 heterocycles. The predicted octanol–water partition coefficient (Wildman–Crippen LogP) is 2.19. The van der Waals surface area contributed by atoms with Crippen LogP contribution >= 0.6 is 0 Å². The number of rotatable bonds is 8. The van der Waals surface area contributed by atoms with Crippen molar-refractivity contribution in [2.75, 3.05) is 13.6 Å². The molecule has 0 aliphatic heterocycles. The highest BCUT2D eigenvalue weighted by Gasteiger charge is 2.15. The molecule has 0 saturated carbocycles. The molecule has 8 heteroatoms. The number of amides is 2. The Morgan fingerprint density at radius 2 is 2.04 bits per heavy atom. The van der Waals surface area contributed by atoms with E-state index in [1.165, 1.54) is 23.1 Å². The van der Waals surface area contributed by atoms with Gasteiger partial charge in [0.1, 0.15) is 5.82 Å². The molecule has 26 heavy (non-hydrogen) atoms. The summed E-state index contributed by atoms with van der Waals surface area (Å²) in [6, 6.07) is 5.69. The Labute approximate surface area is 151 Å². The Morgan fingerprint density at radius 1 is 1.31 bits per heavy atom. The number of nitrogens with zero attached hydrogens (tertiary/aromatic N) is 3. The molecule has 0 unspecified atom stereocenters. The molecule has 0 aliphatic carbocycles. The fraction of sp³-hybridized carbons (Fsp3) is 0.444. The molecule has 0 aliphatic rings. The van der Waals surface area contributed by atoms with Gasteiger partial charge in [-0.05, 0) is 18.1 Å². The van der Waals surface area contributed by atoms with Crippen LogP contribution in [0.3, 0.4) is 0 Å². The third kappa shape index (κ3) is 5.65. The van der Waals surface area contributed by atoms with Gasteiger partial charge in [0.25, 0.3) is 5.91 Å². The van der Waals surface area contributed by atoms with E-state index in [1.54, 1.807) is 13.1 Å². The Bertz CT molecular complexity index is 760. The van der Waals surface area contributed by atoms with E-state index in [1.807, 2.05) is 0 Å². The van der Waals surface area contributed by atoms with E-state index in [-0.39, 0.29) is 31.0 Å². The van der Waals surface area contributed by atoms with Crippen LogP contribution in [0.4, 0.5) is 4.39 Å². The molecule has 1 N–H and O–H groups in total. The topological polar surface area (TPSA) is 88.3 Å². The van der Waals surface area contributed by atoms with Gasteiger partial charge in [-0.2, -0.15) is 4.98 Å². The Hall–Kier alpha value is -2.77.